The van der Waals surface area contributed by atoms with Crippen molar-refractivity contribution in [2.24, 2.45) is 5.92 Å². The Labute approximate surface area is 155 Å². The second-order valence-corrected chi connectivity index (χ2v) is 8.98. The predicted octanol–water partition coefficient (Wildman–Crippen LogP) is 3.30. The van der Waals surface area contributed by atoms with Crippen LogP contribution in [0.5, 0.6) is 0 Å². The molecule has 1 aliphatic carbocycles. The minimum atomic E-state index is -3.58. The number of benzene rings is 2. The summed E-state index contributed by atoms with van der Waals surface area (Å²) in [5.41, 5.74) is 0.540. The second-order valence-electron chi connectivity index (χ2n) is 7.08. The highest BCUT2D eigenvalue weighted by molar-refractivity contribution is 7.92. The Morgan fingerprint density at radius 1 is 1.08 bits per heavy atom. The van der Waals surface area contributed by atoms with E-state index in [1.54, 1.807) is 6.07 Å². The fourth-order valence-electron chi connectivity index (χ4n) is 3.64. The van der Waals surface area contributed by atoms with Crippen molar-refractivity contribution in [1.82, 2.24) is 5.32 Å². The van der Waals surface area contributed by atoms with Gasteiger partial charge in [-0.3, -0.25) is 9.10 Å². The number of carbonyl (C=O) groups is 1. The van der Waals surface area contributed by atoms with E-state index in [9.17, 15) is 13.2 Å². The van der Waals surface area contributed by atoms with Crippen molar-refractivity contribution < 1.29 is 13.2 Å². The average molecular weight is 375 g/mol. The topological polar surface area (TPSA) is 66.5 Å². The van der Waals surface area contributed by atoms with Crippen LogP contribution in [0.1, 0.15) is 32.1 Å². The minimum absolute atomic E-state index is 0.195. The average Bonchev–Trinajstić information content (AvgIpc) is 2.64. The van der Waals surface area contributed by atoms with Gasteiger partial charge in [0, 0.05) is 11.9 Å². The van der Waals surface area contributed by atoms with Gasteiger partial charge in [-0.15, -0.1) is 0 Å². The summed E-state index contributed by atoms with van der Waals surface area (Å²) in [6, 6.07) is 13.1. The minimum Gasteiger partial charge on any atom is -0.354 e. The standard InChI is InChI=1S/C20H26N2O3S/c1-26(24,25)22(15-20(23)21-14-16-8-3-2-4-9-16)19-13-7-11-17-10-5-6-12-18(17)19/h5-7,10-13,16H,2-4,8-9,14-15H2,1H3,(H,21,23). The smallest absolute Gasteiger partial charge is 0.240 e. The molecule has 1 N–H and O–H groups in total. The van der Waals surface area contributed by atoms with Crippen molar-refractivity contribution in [2.75, 3.05) is 23.7 Å². The van der Waals surface area contributed by atoms with E-state index in [1.165, 1.54) is 23.6 Å². The summed E-state index contributed by atoms with van der Waals surface area (Å²) in [6.07, 6.45) is 7.12. The molecule has 1 amide bonds. The van der Waals surface area contributed by atoms with Gasteiger partial charge in [-0.1, -0.05) is 55.7 Å². The number of hydrogen-bond acceptors (Lipinski definition) is 3. The van der Waals surface area contributed by atoms with Gasteiger partial charge in [0.05, 0.1) is 11.9 Å². The Bertz CT molecular complexity index is 868. The van der Waals surface area contributed by atoms with Gasteiger partial charge in [0.1, 0.15) is 6.54 Å². The Kier molecular flexibility index (Phi) is 5.81. The number of rotatable bonds is 6. The molecule has 0 saturated heterocycles. The fourth-order valence-corrected chi connectivity index (χ4v) is 4.51. The van der Waals surface area contributed by atoms with E-state index in [4.69, 9.17) is 0 Å². The monoisotopic (exact) mass is 374 g/mol. The summed E-state index contributed by atoms with van der Waals surface area (Å²) in [4.78, 5) is 12.4. The van der Waals surface area contributed by atoms with E-state index in [2.05, 4.69) is 5.32 Å². The van der Waals surface area contributed by atoms with Crippen LogP contribution in [-0.4, -0.2) is 33.7 Å². The SMILES string of the molecule is CS(=O)(=O)N(CC(=O)NCC1CCCCC1)c1cccc2ccccc12. The van der Waals surface area contributed by atoms with Crippen LogP contribution in [0, 0.1) is 5.92 Å². The lowest BCUT2D eigenvalue weighted by atomic mass is 9.89. The number of fused-ring (bicyclic) bond motifs is 1. The summed E-state index contributed by atoms with van der Waals surface area (Å²) in [5.74, 6) is 0.255. The van der Waals surface area contributed by atoms with Crippen LogP contribution in [0.3, 0.4) is 0 Å². The van der Waals surface area contributed by atoms with E-state index in [1.807, 2.05) is 36.4 Å². The van der Waals surface area contributed by atoms with Gasteiger partial charge in [0.25, 0.3) is 0 Å². The molecule has 0 aliphatic heterocycles. The number of hydrogen-bond donors (Lipinski definition) is 1. The maximum absolute atomic E-state index is 12.4. The number of carbonyl (C=O) groups excluding carboxylic acids is 1. The number of sulfonamides is 1. The molecule has 0 bridgehead atoms. The molecule has 1 saturated carbocycles. The molecule has 0 atom stereocenters. The number of nitrogens with one attached hydrogen (secondary N) is 1. The van der Waals surface area contributed by atoms with Gasteiger partial charge in [-0.25, -0.2) is 8.42 Å². The van der Waals surface area contributed by atoms with Crippen molar-refractivity contribution in [3.8, 4) is 0 Å². The van der Waals surface area contributed by atoms with E-state index >= 15 is 0 Å². The maximum atomic E-state index is 12.4. The van der Waals surface area contributed by atoms with Gasteiger partial charge in [-0.05, 0) is 30.2 Å². The van der Waals surface area contributed by atoms with Crippen molar-refractivity contribution in [3.05, 3.63) is 42.5 Å². The zero-order valence-corrected chi connectivity index (χ0v) is 16.0. The quantitative estimate of drug-likeness (QED) is 0.844. The van der Waals surface area contributed by atoms with Crippen LogP contribution >= 0.6 is 0 Å². The second kappa shape index (κ2) is 8.08. The Morgan fingerprint density at radius 2 is 1.77 bits per heavy atom. The molecule has 140 valence electrons. The highest BCUT2D eigenvalue weighted by Crippen LogP contribution is 2.28. The molecule has 6 heteroatoms. The lowest BCUT2D eigenvalue weighted by molar-refractivity contribution is -0.119. The van der Waals surface area contributed by atoms with E-state index < -0.39 is 10.0 Å². The highest BCUT2D eigenvalue weighted by Gasteiger charge is 2.23. The molecule has 0 unspecified atom stereocenters. The zero-order valence-electron chi connectivity index (χ0n) is 15.1. The number of nitrogens with zero attached hydrogens (tertiary/aromatic N) is 1. The van der Waals surface area contributed by atoms with Crippen LogP contribution in [0.4, 0.5) is 5.69 Å². The van der Waals surface area contributed by atoms with Crippen LogP contribution in [0.25, 0.3) is 10.8 Å². The van der Waals surface area contributed by atoms with E-state index in [0.717, 1.165) is 29.9 Å². The molecule has 0 spiro atoms. The summed E-state index contributed by atoms with van der Waals surface area (Å²) in [6.45, 7) is 0.436. The molecule has 0 heterocycles. The zero-order chi connectivity index (χ0) is 18.6. The summed E-state index contributed by atoms with van der Waals surface area (Å²) >= 11 is 0. The summed E-state index contributed by atoms with van der Waals surface area (Å²) < 4.78 is 25.9. The predicted molar refractivity (Wildman–Crippen MR) is 106 cm³/mol. The van der Waals surface area contributed by atoms with Crippen molar-refractivity contribution in [3.63, 3.8) is 0 Å². The van der Waals surface area contributed by atoms with Crippen LogP contribution in [0.15, 0.2) is 42.5 Å². The molecule has 0 radical (unpaired) electrons. The summed E-state index contributed by atoms with van der Waals surface area (Å²) in [5, 5.41) is 4.69. The molecule has 3 rings (SSSR count). The van der Waals surface area contributed by atoms with Gasteiger partial charge >= 0.3 is 0 Å². The van der Waals surface area contributed by atoms with E-state index in [-0.39, 0.29) is 12.5 Å². The maximum Gasteiger partial charge on any atom is 0.240 e. The van der Waals surface area contributed by atoms with Gasteiger partial charge < -0.3 is 5.32 Å². The first-order valence-electron chi connectivity index (χ1n) is 9.17. The Hall–Kier alpha value is -2.08. The van der Waals surface area contributed by atoms with Crippen molar-refractivity contribution in [2.45, 2.75) is 32.1 Å². The third-order valence-corrected chi connectivity index (χ3v) is 6.16. The lowest BCUT2D eigenvalue weighted by Crippen LogP contribution is -2.42. The first-order valence-corrected chi connectivity index (χ1v) is 11.0. The van der Waals surface area contributed by atoms with Crippen LogP contribution in [-0.2, 0) is 14.8 Å². The normalized spacial score (nSPS) is 15.7. The molecule has 26 heavy (non-hydrogen) atoms. The first-order chi connectivity index (χ1) is 12.4. The molecule has 0 aromatic heterocycles. The van der Waals surface area contributed by atoms with Crippen LogP contribution in [0.2, 0.25) is 0 Å². The number of anilines is 1. The molecular formula is C20H26N2O3S. The van der Waals surface area contributed by atoms with Crippen LogP contribution < -0.4 is 9.62 Å². The lowest BCUT2D eigenvalue weighted by Gasteiger charge is -2.25. The van der Waals surface area contributed by atoms with Gasteiger partial charge in [0.15, 0.2) is 0 Å². The first kappa shape index (κ1) is 18.7. The summed E-state index contributed by atoms with van der Waals surface area (Å²) in [7, 11) is -3.58. The molecular weight excluding hydrogens is 348 g/mol. The van der Waals surface area contributed by atoms with Crippen molar-refractivity contribution >= 4 is 32.4 Å². The molecule has 5 nitrogen and oxygen atoms in total. The highest BCUT2D eigenvalue weighted by atomic mass is 32.2. The third-order valence-electron chi connectivity index (χ3n) is 5.04. The molecule has 2 aromatic carbocycles. The third kappa shape index (κ3) is 4.55. The van der Waals surface area contributed by atoms with Crippen molar-refractivity contribution in [1.29, 1.82) is 0 Å². The van der Waals surface area contributed by atoms with Gasteiger partial charge in [-0.2, -0.15) is 0 Å². The Balaban J connectivity index is 1.77. The number of amides is 1. The molecule has 2 aromatic rings. The Morgan fingerprint density at radius 3 is 2.50 bits per heavy atom. The molecule has 1 aliphatic rings. The van der Waals surface area contributed by atoms with E-state index in [0.29, 0.717) is 18.2 Å². The fraction of sp³-hybridized carbons (Fsp3) is 0.450. The molecule has 1 fully saturated rings. The van der Waals surface area contributed by atoms with Gasteiger partial charge in [0.2, 0.25) is 15.9 Å². The largest absolute Gasteiger partial charge is 0.354 e.